The van der Waals surface area contributed by atoms with E-state index in [0.29, 0.717) is 24.7 Å². The van der Waals surface area contributed by atoms with Crippen LogP contribution in [0.2, 0.25) is 0 Å². The molecule has 0 spiro atoms. The Kier molecular flexibility index (Phi) is 3.74. The second-order valence-electron chi connectivity index (χ2n) is 6.44. The molecule has 0 aromatic heterocycles. The number of hydrogen-bond acceptors (Lipinski definition) is 3. The first-order valence-corrected chi connectivity index (χ1v) is 7.21. The summed E-state index contributed by atoms with van der Waals surface area (Å²) in [7, 11) is 0. The SMILES string of the molecule is CC1CC(C(=O)N2CCCC(C)C2C)(C(N)=NO)C1. The molecule has 2 aliphatic rings. The van der Waals surface area contributed by atoms with Crippen molar-refractivity contribution in [2.75, 3.05) is 6.54 Å². The van der Waals surface area contributed by atoms with E-state index in [9.17, 15) is 4.79 Å². The van der Waals surface area contributed by atoms with Crippen molar-refractivity contribution in [3.63, 3.8) is 0 Å². The Balaban J connectivity index is 2.21. The third kappa shape index (κ3) is 2.19. The van der Waals surface area contributed by atoms with Gasteiger partial charge in [-0.15, -0.1) is 0 Å². The van der Waals surface area contributed by atoms with Gasteiger partial charge < -0.3 is 15.8 Å². The average Bonchev–Trinajstić information content (AvgIpc) is 2.36. The van der Waals surface area contributed by atoms with Crippen LogP contribution in [0.15, 0.2) is 5.16 Å². The van der Waals surface area contributed by atoms with Gasteiger partial charge in [0.2, 0.25) is 5.91 Å². The summed E-state index contributed by atoms with van der Waals surface area (Å²) in [6, 6.07) is 0.237. The number of nitrogens with two attached hydrogens (primary N) is 1. The molecule has 1 amide bonds. The second kappa shape index (κ2) is 5.02. The molecular weight excluding hydrogens is 242 g/mol. The fraction of sp³-hybridized carbons (Fsp3) is 0.857. The van der Waals surface area contributed by atoms with Crippen LogP contribution in [-0.4, -0.2) is 34.4 Å². The maximum Gasteiger partial charge on any atom is 0.236 e. The Morgan fingerprint density at radius 1 is 1.37 bits per heavy atom. The van der Waals surface area contributed by atoms with E-state index in [1.165, 1.54) is 0 Å². The van der Waals surface area contributed by atoms with Gasteiger partial charge in [0, 0.05) is 12.6 Å². The van der Waals surface area contributed by atoms with Gasteiger partial charge in [-0.2, -0.15) is 0 Å². The van der Waals surface area contributed by atoms with Crippen molar-refractivity contribution in [2.45, 2.75) is 52.5 Å². The Bertz CT molecular complexity index is 388. The lowest BCUT2D eigenvalue weighted by atomic mass is 9.60. The molecule has 3 N–H and O–H groups in total. The Hall–Kier alpha value is -1.26. The minimum absolute atomic E-state index is 0.0555. The van der Waals surface area contributed by atoms with Crippen LogP contribution in [0.3, 0.4) is 0 Å². The highest BCUT2D eigenvalue weighted by atomic mass is 16.4. The molecule has 2 atom stereocenters. The minimum atomic E-state index is -0.751. The number of amidine groups is 1. The van der Waals surface area contributed by atoms with Crippen molar-refractivity contribution in [1.82, 2.24) is 4.90 Å². The molecule has 19 heavy (non-hydrogen) atoms. The third-order valence-electron chi connectivity index (χ3n) is 5.04. The number of piperidine rings is 1. The Morgan fingerprint density at radius 2 is 2.00 bits per heavy atom. The fourth-order valence-electron chi connectivity index (χ4n) is 3.62. The van der Waals surface area contributed by atoms with Gasteiger partial charge in [0.25, 0.3) is 0 Å². The number of rotatable bonds is 2. The fourth-order valence-corrected chi connectivity index (χ4v) is 3.62. The van der Waals surface area contributed by atoms with E-state index in [0.717, 1.165) is 19.4 Å². The van der Waals surface area contributed by atoms with Crippen LogP contribution in [-0.2, 0) is 4.79 Å². The number of amides is 1. The number of hydrogen-bond donors (Lipinski definition) is 2. The van der Waals surface area contributed by atoms with Crippen molar-refractivity contribution >= 4 is 11.7 Å². The molecular formula is C14H25N3O2. The number of carbonyl (C=O) groups is 1. The molecule has 0 aromatic carbocycles. The zero-order valence-corrected chi connectivity index (χ0v) is 12.1. The molecule has 0 aromatic rings. The van der Waals surface area contributed by atoms with E-state index < -0.39 is 5.41 Å². The summed E-state index contributed by atoms with van der Waals surface area (Å²) < 4.78 is 0. The number of oxime groups is 1. The van der Waals surface area contributed by atoms with Crippen LogP contribution >= 0.6 is 0 Å². The van der Waals surface area contributed by atoms with E-state index >= 15 is 0 Å². The molecule has 1 aliphatic carbocycles. The summed E-state index contributed by atoms with van der Waals surface area (Å²) in [6.45, 7) is 7.17. The van der Waals surface area contributed by atoms with E-state index in [2.05, 4.69) is 25.9 Å². The van der Waals surface area contributed by atoms with Crippen LogP contribution in [0.4, 0.5) is 0 Å². The zero-order valence-electron chi connectivity index (χ0n) is 12.1. The molecule has 108 valence electrons. The highest BCUT2D eigenvalue weighted by molar-refractivity contribution is 6.07. The van der Waals surface area contributed by atoms with E-state index in [-0.39, 0.29) is 17.8 Å². The predicted octanol–water partition coefficient (Wildman–Crippen LogP) is 1.80. The molecule has 0 bridgehead atoms. The normalized spacial score (nSPS) is 39.8. The molecule has 2 unspecified atom stereocenters. The molecule has 2 rings (SSSR count). The van der Waals surface area contributed by atoms with Crippen molar-refractivity contribution < 1.29 is 10.0 Å². The lowest BCUT2D eigenvalue weighted by molar-refractivity contribution is -0.149. The lowest BCUT2D eigenvalue weighted by Gasteiger charge is -2.49. The molecule has 5 nitrogen and oxygen atoms in total. The molecule has 1 saturated heterocycles. The van der Waals surface area contributed by atoms with Crippen molar-refractivity contribution in [1.29, 1.82) is 0 Å². The maximum atomic E-state index is 12.9. The summed E-state index contributed by atoms with van der Waals surface area (Å²) >= 11 is 0. The lowest BCUT2D eigenvalue weighted by Crippen LogP contribution is -2.60. The Morgan fingerprint density at radius 3 is 2.53 bits per heavy atom. The van der Waals surface area contributed by atoms with Gasteiger partial charge in [0.05, 0.1) is 0 Å². The smallest absolute Gasteiger partial charge is 0.236 e. The van der Waals surface area contributed by atoms with Gasteiger partial charge in [-0.3, -0.25) is 4.79 Å². The standard InChI is InChI=1S/C14H25N3O2/c1-9-7-14(8-9,12(15)16-19)13(18)17-6-4-5-10(2)11(17)3/h9-11,19H,4-8H2,1-3H3,(H2,15,16). The van der Waals surface area contributed by atoms with Crippen molar-refractivity contribution in [3.05, 3.63) is 0 Å². The molecule has 0 radical (unpaired) electrons. The van der Waals surface area contributed by atoms with Crippen LogP contribution in [0.5, 0.6) is 0 Å². The monoisotopic (exact) mass is 267 g/mol. The summed E-state index contributed by atoms with van der Waals surface area (Å²) in [4.78, 5) is 14.8. The minimum Gasteiger partial charge on any atom is -0.409 e. The molecule has 1 aliphatic heterocycles. The summed E-state index contributed by atoms with van der Waals surface area (Å²) in [5, 5.41) is 12.1. The molecule has 5 heteroatoms. The summed E-state index contributed by atoms with van der Waals surface area (Å²) in [5.74, 6) is 1.11. The van der Waals surface area contributed by atoms with Gasteiger partial charge >= 0.3 is 0 Å². The molecule has 1 saturated carbocycles. The largest absolute Gasteiger partial charge is 0.409 e. The van der Waals surface area contributed by atoms with Gasteiger partial charge in [-0.05, 0) is 44.4 Å². The maximum absolute atomic E-state index is 12.9. The number of carbonyl (C=O) groups excluding carboxylic acids is 1. The first kappa shape index (κ1) is 14.2. The van der Waals surface area contributed by atoms with Crippen LogP contribution in [0.1, 0.15) is 46.5 Å². The van der Waals surface area contributed by atoms with Crippen LogP contribution in [0.25, 0.3) is 0 Å². The molecule has 2 fully saturated rings. The van der Waals surface area contributed by atoms with E-state index in [1.807, 2.05) is 4.90 Å². The van der Waals surface area contributed by atoms with E-state index in [1.54, 1.807) is 0 Å². The second-order valence-corrected chi connectivity index (χ2v) is 6.44. The predicted molar refractivity (Wildman–Crippen MR) is 73.8 cm³/mol. The van der Waals surface area contributed by atoms with Gasteiger partial charge in [-0.1, -0.05) is 19.0 Å². The number of nitrogens with zero attached hydrogens (tertiary/aromatic N) is 2. The summed E-state index contributed by atoms with van der Waals surface area (Å²) in [6.07, 6.45) is 3.59. The first-order chi connectivity index (χ1) is 8.92. The average molecular weight is 267 g/mol. The van der Waals surface area contributed by atoms with Crippen molar-refractivity contribution in [3.8, 4) is 0 Å². The number of likely N-dealkylation sites (tertiary alicyclic amines) is 1. The summed E-state index contributed by atoms with van der Waals surface area (Å²) in [5.41, 5.74) is 5.07. The van der Waals surface area contributed by atoms with Crippen molar-refractivity contribution in [2.24, 2.45) is 28.1 Å². The van der Waals surface area contributed by atoms with Crippen LogP contribution < -0.4 is 5.73 Å². The van der Waals surface area contributed by atoms with Gasteiger partial charge in [0.1, 0.15) is 5.41 Å². The quantitative estimate of drug-likeness (QED) is 0.346. The highest BCUT2D eigenvalue weighted by Gasteiger charge is 2.54. The Labute approximate surface area is 114 Å². The van der Waals surface area contributed by atoms with Crippen LogP contribution in [0, 0.1) is 17.3 Å². The van der Waals surface area contributed by atoms with Gasteiger partial charge in [-0.25, -0.2) is 0 Å². The third-order valence-corrected chi connectivity index (χ3v) is 5.04. The topological polar surface area (TPSA) is 78.9 Å². The molecule has 1 heterocycles. The zero-order chi connectivity index (χ0) is 14.2. The van der Waals surface area contributed by atoms with E-state index in [4.69, 9.17) is 10.9 Å². The highest BCUT2D eigenvalue weighted by Crippen LogP contribution is 2.48. The first-order valence-electron chi connectivity index (χ1n) is 7.21. The van der Waals surface area contributed by atoms with Gasteiger partial charge in [0.15, 0.2) is 5.84 Å².